The summed E-state index contributed by atoms with van der Waals surface area (Å²) in [5.74, 6) is 0. The Bertz CT molecular complexity index is 339. The quantitative estimate of drug-likeness (QED) is 0.737. The Hall–Kier alpha value is -0.960. The summed E-state index contributed by atoms with van der Waals surface area (Å²) in [6.45, 7) is 6.02. The molecule has 17 heavy (non-hydrogen) atoms. The van der Waals surface area contributed by atoms with E-state index in [-0.39, 0.29) is 6.10 Å². The summed E-state index contributed by atoms with van der Waals surface area (Å²) in [5, 5.41) is 18.1. The number of aryl methyl sites for hydroxylation is 2. The Labute approximate surface area is 104 Å². The van der Waals surface area contributed by atoms with Crippen molar-refractivity contribution >= 4 is 0 Å². The number of hydrogen-bond acceptors (Lipinski definition) is 3. The van der Waals surface area contributed by atoms with Crippen LogP contribution in [0.3, 0.4) is 0 Å². The van der Waals surface area contributed by atoms with Crippen molar-refractivity contribution < 1.29 is 5.11 Å². The zero-order chi connectivity index (χ0) is 12.7. The number of aromatic nitrogens is 2. The normalized spacial score (nSPS) is 12.7. The van der Waals surface area contributed by atoms with E-state index in [1.165, 1.54) is 25.7 Å². The van der Waals surface area contributed by atoms with Gasteiger partial charge in [-0.3, -0.25) is 0 Å². The van der Waals surface area contributed by atoms with Crippen molar-refractivity contribution in [3.8, 4) is 0 Å². The molecule has 0 aliphatic rings. The molecule has 96 valence electrons. The van der Waals surface area contributed by atoms with Crippen LogP contribution in [0.4, 0.5) is 0 Å². The van der Waals surface area contributed by atoms with Crippen LogP contribution in [0.5, 0.6) is 0 Å². The maximum atomic E-state index is 10.1. The highest BCUT2D eigenvalue weighted by Crippen LogP contribution is 2.22. The van der Waals surface area contributed by atoms with Crippen LogP contribution in [0.15, 0.2) is 6.07 Å². The molecule has 3 nitrogen and oxygen atoms in total. The largest absolute Gasteiger partial charge is 0.388 e. The van der Waals surface area contributed by atoms with Crippen molar-refractivity contribution in [2.24, 2.45) is 0 Å². The van der Waals surface area contributed by atoms with E-state index >= 15 is 0 Å². The van der Waals surface area contributed by atoms with Crippen LogP contribution in [0, 0.1) is 13.8 Å². The molecule has 0 fully saturated rings. The van der Waals surface area contributed by atoms with Gasteiger partial charge >= 0.3 is 0 Å². The lowest BCUT2D eigenvalue weighted by Crippen LogP contribution is -2.04. The maximum absolute atomic E-state index is 10.1. The Morgan fingerprint density at radius 1 is 1.12 bits per heavy atom. The molecule has 3 heteroatoms. The molecule has 0 aliphatic carbocycles. The van der Waals surface area contributed by atoms with Crippen molar-refractivity contribution in [2.75, 3.05) is 0 Å². The molecule has 0 aliphatic heterocycles. The number of aliphatic hydroxyl groups is 1. The number of nitrogens with zero attached hydrogens (tertiary/aromatic N) is 2. The first-order chi connectivity index (χ1) is 8.15. The van der Waals surface area contributed by atoms with Crippen LogP contribution >= 0.6 is 0 Å². The monoisotopic (exact) mass is 236 g/mol. The van der Waals surface area contributed by atoms with Gasteiger partial charge in [-0.2, -0.15) is 10.2 Å². The third kappa shape index (κ3) is 4.82. The highest BCUT2D eigenvalue weighted by Gasteiger charge is 2.11. The van der Waals surface area contributed by atoms with Crippen molar-refractivity contribution in [3.63, 3.8) is 0 Å². The summed E-state index contributed by atoms with van der Waals surface area (Å²) >= 11 is 0. The van der Waals surface area contributed by atoms with Crippen LogP contribution < -0.4 is 0 Å². The van der Waals surface area contributed by atoms with Gasteiger partial charge in [-0.05, 0) is 26.3 Å². The Kier molecular flexibility index (Phi) is 6.12. The van der Waals surface area contributed by atoms with Crippen molar-refractivity contribution in [2.45, 2.75) is 65.4 Å². The molecule has 1 N–H and O–H groups in total. The molecule has 0 saturated heterocycles. The molecule has 1 aromatic rings. The third-order valence-electron chi connectivity index (χ3n) is 3.08. The second-order valence-corrected chi connectivity index (χ2v) is 4.75. The summed E-state index contributed by atoms with van der Waals surface area (Å²) in [7, 11) is 0. The fraction of sp³-hybridized carbons (Fsp3) is 0.714. The van der Waals surface area contributed by atoms with E-state index in [9.17, 15) is 5.11 Å². The molecule has 0 amide bonds. The van der Waals surface area contributed by atoms with Gasteiger partial charge in [0.1, 0.15) is 0 Å². The molecule has 0 saturated carbocycles. The van der Waals surface area contributed by atoms with Crippen molar-refractivity contribution in [1.29, 1.82) is 0 Å². The van der Waals surface area contributed by atoms with E-state index in [0.29, 0.717) is 0 Å². The number of unbranched alkanes of at least 4 members (excludes halogenated alkanes) is 4. The van der Waals surface area contributed by atoms with Gasteiger partial charge in [-0.25, -0.2) is 0 Å². The van der Waals surface area contributed by atoms with E-state index in [1.54, 1.807) is 0 Å². The van der Waals surface area contributed by atoms with E-state index in [1.807, 2.05) is 19.9 Å². The maximum Gasteiger partial charge on any atom is 0.0808 e. The van der Waals surface area contributed by atoms with Crippen LogP contribution in [0.2, 0.25) is 0 Å². The van der Waals surface area contributed by atoms with Gasteiger partial charge in [-0.1, -0.05) is 39.0 Å². The lowest BCUT2D eigenvalue weighted by molar-refractivity contribution is 0.162. The minimum atomic E-state index is -0.383. The van der Waals surface area contributed by atoms with Gasteiger partial charge in [0.2, 0.25) is 0 Å². The van der Waals surface area contributed by atoms with E-state index in [4.69, 9.17) is 0 Å². The van der Waals surface area contributed by atoms with Gasteiger partial charge in [0.25, 0.3) is 0 Å². The summed E-state index contributed by atoms with van der Waals surface area (Å²) in [6, 6.07) is 1.94. The van der Waals surface area contributed by atoms with Crippen LogP contribution in [-0.2, 0) is 0 Å². The van der Waals surface area contributed by atoms with Crippen LogP contribution in [0.25, 0.3) is 0 Å². The molecule has 1 atom stereocenters. The standard InChI is InChI=1S/C14H24N2O/c1-4-5-6-7-8-9-14(17)13-10-11(2)15-16-12(13)3/h10,14,17H,4-9H2,1-3H3. The summed E-state index contributed by atoms with van der Waals surface area (Å²) in [4.78, 5) is 0. The lowest BCUT2D eigenvalue weighted by Gasteiger charge is -2.13. The summed E-state index contributed by atoms with van der Waals surface area (Å²) < 4.78 is 0. The van der Waals surface area contributed by atoms with E-state index in [2.05, 4.69) is 17.1 Å². The third-order valence-corrected chi connectivity index (χ3v) is 3.08. The minimum Gasteiger partial charge on any atom is -0.388 e. The number of rotatable bonds is 7. The van der Waals surface area contributed by atoms with Gasteiger partial charge in [-0.15, -0.1) is 0 Å². The lowest BCUT2D eigenvalue weighted by atomic mass is 10.0. The highest BCUT2D eigenvalue weighted by molar-refractivity contribution is 5.22. The smallest absolute Gasteiger partial charge is 0.0808 e. The SMILES string of the molecule is CCCCCCCC(O)c1cc(C)nnc1C. The molecule has 1 unspecified atom stereocenters. The van der Waals surface area contributed by atoms with Gasteiger partial charge in [0.15, 0.2) is 0 Å². The predicted molar refractivity (Wildman–Crippen MR) is 69.8 cm³/mol. The number of hydrogen-bond donors (Lipinski definition) is 1. The van der Waals surface area contributed by atoms with Crippen molar-refractivity contribution in [1.82, 2.24) is 10.2 Å². The predicted octanol–water partition coefficient (Wildman–Crippen LogP) is 3.49. The molecule has 0 spiro atoms. The zero-order valence-electron chi connectivity index (χ0n) is 11.2. The number of aliphatic hydroxyl groups excluding tert-OH is 1. The molecule has 1 rings (SSSR count). The van der Waals surface area contributed by atoms with Gasteiger partial charge in [0.05, 0.1) is 17.5 Å². The average molecular weight is 236 g/mol. The van der Waals surface area contributed by atoms with Crippen LogP contribution in [-0.4, -0.2) is 15.3 Å². The molecule has 1 aromatic heterocycles. The Morgan fingerprint density at radius 3 is 2.53 bits per heavy atom. The fourth-order valence-electron chi connectivity index (χ4n) is 2.00. The highest BCUT2D eigenvalue weighted by atomic mass is 16.3. The van der Waals surface area contributed by atoms with E-state index in [0.717, 1.165) is 29.8 Å². The first-order valence-corrected chi connectivity index (χ1v) is 6.64. The second-order valence-electron chi connectivity index (χ2n) is 4.75. The molecular weight excluding hydrogens is 212 g/mol. The first-order valence-electron chi connectivity index (χ1n) is 6.64. The van der Waals surface area contributed by atoms with Crippen molar-refractivity contribution in [3.05, 3.63) is 23.0 Å². The minimum absolute atomic E-state index is 0.383. The van der Waals surface area contributed by atoms with Gasteiger partial charge < -0.3 is 5.11 Å². The van der Waals surface area contributed by atoms with Gasteiger partial charge in [0, 0.05) is 5.56 Å². The van der Waals surface area contributed by atoms with Crippen LogP contribution in [0.1, 0.15) is 68.5 Å². The fourth-order valence-corrected chi connectivity index (χ4v) is 2.00. The molecule has 0 aromatic carbocycles. The van der Waals surface area contributed by atoms with E-state index < -0.39 is 0 Å². The molecule has 0 bridgehead atoms. The Morgan fingerprint density at radius 2 is 1.82 bits per heavy atom. The average Bonchev–Trinajstić information content (AvgIpc) is 2.32. The molecule has 1 heterocycles. The second kappa shape index (κ2) is 7.38. The summed E-state index contributed by atoms with van der Waals surface area (Å²) in [6.07, 6.45) is 6.57. The first kappa shape index (κ1) is 14.1. The Balaban J connectivity index is 2.41. The molecular formula is C14H24N2O. The molecule has 0 radical (unpaired) electrons. The summed E-state index contributed by atoms with van der Waals surface area (Å²) in [5.41, 5.74) is 2.65. The zero-order valence-corrected chi connectivity index (χ0v) is 11.2. The topological polar surface area (TPSA) is 46.0 Å².